The molecule has 2 aromatic carbocycles. The maximum Gasteiger partial charge on any atom is 0.0714 e. The van der Waals surface area contributed by atoms with Crippen molar-refractivity contribution in [1.82, 2.24) is 4.98 Å². The minimum atomic E-state index is 1.01. The third-order valence-electron chi connectivity index (χ3n) is 3.44. The highest BCUT2D eigenvalue weighted by atomic mass is 14.6. The summed E-state index contributed by atoms with van der Waals surface area (Å²) in [5, 5.41) is 1.18. The summed E-state index contributed by atoms with van der Waals surface area (Å²) >= 11 is 0. The van der Waals surface area contributed by atoms with Crippen LogP contribution in [0.4, 0.5) is 0 Å². The van der Waals surface area contributed by atoms with E-state index < -0.39 is 0 Å². The van der Waals surface area contributed by atoms with Crippen molar-refractivity contribution in [1.29, 1.82) is 0 Å². The van der Waals surface area contributed by atoms with Gasteiger partial charge in [0.05, 0.1) is 5.52 Å². The molecule has 0 aliphatic rings. The lowest BCUT2D eigenvalue weighted by molar-refractivity contribution is 1.39. The molecular formula is C18H15N. The molecule has 0 radical (unpaired) electrons. The van der Waals surface area contributed by atoms with Crippen LogP contribution in [-0.2, 0) is 0 Å². The molecule has 1 heterocycles. The molecule has 0 atom stereocenters. The van der Waals surface area contributed by atoms with Crippen LogP contribution in [0.3, 0.4) is 0 Å². The molecule has 0 saturated carbocycles. The minimum Gasteiger partial charge on any atom is -0.256 e. The number of pyridine rings is 1. The fourth-order valence-electron chi connectivity index (χ4n) is 2.40. The number of aromatic nitrogens is 1. The van der Waals surface area contributed by atoms with Gasteiger partial charge in [-0.05, 0) is 41.3 Å². The zero-order valence-corrected chi connectivity index (χ0v) is 10.9. The molecule has 1 heteroatoms. The Morgan fingerprint density at radius 2 is 1.84 bits per heavy atom. The summed E-state index contributed by atoms with van der Waals surface area (Å²) in [6.45, 7) is 5.94. The molecule has 0 aliphatic heterocycles. The van der Waals surface area contributed by atoms with Crippen LogP contribution in [0.15, 0.2) is 61.3 Å². The van der Waals surface area contributed by atoms with Crippen LogP contribution >= 0.6 is 0 Å². The van der Waals surface area contributed by atoms with Crippen LogP contribution in [0.1, 0.15) is 11.1 Å². The molecule has 1 aromatic heterocycles. The van der Waals surface area contributed by atoms with Gasteiger partial charge in [-0.2, -0.15) is 0 Å². The van der Waals surface area contributed by atoms with Gasteiger partial charge in [-0.25, -0.2) is 0 Å². The van der Waals surface area contributed by atoms with Crippen molar-refractivity contribution < 1.29 is 0 Å². The SMILES string of the molecule is C=Cc1ccc2c(-c3ccccc3C)ccnc2c1. The van der Waals surface area contributed by atoms with Gasteiger partial charge in [0.2, 0.25) is 0 Å². The van der Waals surface area contributed by atoms with E-state index in [1.54, 1.807) is 0 Å². The van der Waals surface area contributed by atoms with Crippen molar-refractivity contribution >= 4 is 17.0 Å². The standard InChI is InChI=1S/C18H15N/c1-3-14-8-9-17-16(10-11-19-18(17)12-14)15-7-5-4-6-13(15)2/h3-12H,1H2,2H3. The van der Waals surface area contributed by atoms with E-state index in [1.807, 2.05) is 12.3 Å². The Balaban J connectivity index is 2.31. The summed E-state index contributed by atoms with van der Waals surface area (Å²) in [4.78, 5) is 4.46. The first-order valence-corrected chi connectivity index (χ1v) is 6.37. The number of nitrogens with zero attached hydrogens (tertiary/aromatic N) is 1. The largest absolute Gasteiger partial charge is 0.256 e. The Hall–Kier alpha value is -2.41. The first kappa shape index (κ1) is 11.7. The number of aryl methyl sites for hydroxylation is 1. The van der Waals surface area contributed by atoms with E-state index in [0.29, 0.717) is 0 Å². The zero-order valence-electron chi connectivity index (χ0n) is 10.9. The Labute approximate surface area is 113 Å². The van der Waals surface area contributed by atoms with Crippen molar-refractivity contribution in [3.63, 3.8) is 0 Å². The van der Waals surface area contributed by atoms with E-state index in [9.17, 15) is 0 Å². The Morgan fingerprint density at radius 3 is 2.63 bits per heavy atom. The number of benzene rings is 2. The third kappa shape index (κ3) is 2.04. The molecule has 19 heavy (non-hydrogen) atoms. The summed E-state index contributed by atoms with van der Waals surface area (Å²) in [6.07, 6.45) is 3.72. The molecule has 0 amide bonds. The topological polar surface area (TPSA) is 12.9 Å². The number of hydrogen-bond donors (Lipinski definition) is 0. The second kappa shape index (κ2) is 4.69. The minimum absolute atomic E-state index is 1.01. The Kier molecular flexibility index (Phi) is 2.88. The average molecular weight is 245 g/mol. The highest BCUT2D eigenvalue weighted by Crippen LogP contribution is 2.30. The van der Waals surface area contributed by atoms with Gasteiger partial charge in [0.15, 0.2) is 0 Å². The van der Waals surface area contributed by atoms with E-state index in [0.717, 1.165) is 11.1 Å². The summed E-state index contributed by atoms with van der Waals surface area (Å²) in [5.74, 6) is 0. The van der Waals surface area contributed by atoms with Crippen molar-refractivity contribution in [3.05, 3.63) is 72.4 Å². The molecule has 3 aromatic rings. The summed E-state index contributed by atoms with van der Waals surface area (Å²) in [6, 6.07) is 16.8. The molecule has 0 aliphatic carbocycles. The van der Waals surface area contributed by atoms with E-state index >= 15 is 0 Å². The lowest BCUT2D eigenvalue weighted by Gasteiger charge is -2.09. The van der Waals surface area contributed by atoms with Crippen LogP contribution < -0.4 is 0 Å². The molecule has 1 nitrogen and oxygen atoms in total. The van der Waals surface area contributed by atoms with Gasteiger partial charge in [0.1, 0.15) is 0 Å². The summed E-state index contributed by atoms with van der Waals surface area (Å²) in [5.41, 5.74) is 5.89. The van der Waals surface area contributed by atoms with Crippen LogP contribution in [0.5, 0.6) is 0 Å². The van der Waals surface area contributed by atoms with Crippen LogP contribution in [0, 0.1) is 6.92 Å². The third-order valence-corrected chi connectivity index (χ3v) is 3.44. The second-order valence-corrected chi connectivity index (χ2v) is 4.65. The predicted octanol–water partition coefficient (Wildman–Crippen LogP) is 4.85. The fraction of sp³-hybridized carbons (Fsp3) is 0.0556. The lowest BCUT2D eigenvalue weighted by atomic mass is 9.97. The zero-order chi connectivity index (χ0) is 13.2. The van der Waals surface area contributed by atoms with Crippen LogP contribution in [0.2, 0.25) is 0 Å². The quantitative estimate of drug-likeness (QED) is 0.628. The first-order chi connectivity index (χ1) is 9.29. The lowest BCUT2D eigenvalue weighted by Crippen LogP contribution is -1.87. The molecule has 0 N–H and O–H groups in total. The van der Waals surface area contributed by atoms with Gasteiger partial charge in [-0.1, -0.05) is 49.1 Å². The average Bonchev–Trinajstić information content (AvgIpc) is 2.46. The van der Waals surface area contributed by atoms with Gasteiger partial charge >= 0.3 is 0 Å². The Morgan fingerprint density at radius 1 is 1.00 bits per heavy atom. The van der Waals surface area contributed by atoms with Gasteiger partial charge in [-0.15, -0.1) is 0 Å². The number of fused-ring (bicyclic) bond motifs is 1. The maximum absolute atomic E-state index is 4.46. The molecule has 0 saturated heterocycles. The van der Waals surface area contributed by atoms with Crippen molar-refractivity contribution in [2.24, 2.45) is 0 Å². The molecule has 0 spiro atoms. The van der Waals surface area contributed by atoms with Crippen molar-refractivity contribution in [2.45, 2.75) is 6.92 Å². The number of rotatable bonds is 2. The van der Waals surface area contributed by atoms with Gasteiger partial charge in [0.25, 0.3) is 0 Å². The van der Waals surface area contributed by atoms with Crippen molar-refractivity contribution in [2.75, 3.05) is 0 Å². The first-order valence-electron chi connectivity index (χ1n) is 6.37. The fourth-order valence-corrected chi connectivity index (χ4v) is 2.40. The maximum atomic E-state index is 4.46. The Bertz CT molecular complexity index is 756. The smallest absolute Gasteiger partial charge is 0.0714 e. The highest BCUT2D eigenvalue weighted by Gasteiger charge is 2.06. The summed E-state index contributed by atoms with van der Waals surface area (Å²) < 4.78 is 0. The highest BCUT2D eigenvalue weighted by molar-refractivity contribution is 5.95. The van der Waals surface area contributed by atoms with Crippen LogP contribution in [-0.4, -0.2) is 4.98 Å². The summed E-state index contributed by atoms with van der Waals surface area (Å²) in [7, 11) is 0. The number of hydrogen-bond acceptors (Lipinski definition) is 1. The van der Waals surface area contributed by atoms with E-state index in [2.05, 4.69) is 67.0 Å². The van der Waals surface area contributed by atoms with E-state index in [1.165, 1.54) is 22.1 Å². The monoisotopic (exact) mass is 245 g/mol. The molecular weight excluding hydrogens is 230 g/mol. The molecule has 0 bridgehead atoms. The predicted molar refractivity (Wildman–Crippen MR) is 82.0 cm³/mol. The van der Waals surface area contributed by atoms with Gasteiger partial charge < -0.3 is 0 Å². The van der Waals surface area contributed by atoms with E-state index in [4.69, 9.17) is 0 Å². The van der Waals surface area contributed by atoms with Gasteiger partial charge in [0, 0.05) is 11.6 Å². The van der Waals surface area contributed by atoms with Crippen molar-refractivity contribution in [3.8, 4) is 11.1 Å². The molecule has 0 unspecified atom stereocenters. The molecule has 0 fully saturated rings. The normalized spacial score (nSPS) is 10.6. The van der Waals surface area contributed by atoms with E-state index in [-0.39, 0.29) is 0 Å². The van der Waals surface area contributed by atoms with Gasteiger partial charge in [-0.3, -0.25) is 4.98 Å². The van der Waals surface area contributed by atoms with Crippen LogP contribution in [0.25, 0.3) is 28.1 Å². The molecule has 3 rings (SSSR count). The second-order valence-electron chi connectivity index (χ2n) is 4.65. The molecule has 92 valence electrons.